The summed E-state index contributed by atoms with van der Waals surface area (Å²) in [4.78, 5) is 22.8. The van der Waals surface area contributed by atoms with E-state index >= 15 is 0 Å². The Hall–Kier alpha value is -1.24. The zero-order valence-electron chi connectivity index (χ0n) is 17.5. The third-order valence-electron chi connectivity index (χ3n) is 5.94. The molecule has 0 aliphatic heterocycles. The van der Waals surface area contributed by atoms with Crippen molar-refractivity contribution in [3.8, 4) is 0 Å². The van der Waals surface area contributed by atoms with Crippen molar-refractivity contribution in [1.82, 2.24) is 0 Å². The second kappa shape index (κ2) is 11.7. The Balaban J connectivity index is 2.58. The van der Waals surface area contributed by atoms with Crippen LogP contribution in [-0.2, 0) is 9.59 Å². The first-order chi connectivity index (χ1) is 13.1. The van der Waals surface area contributed by atoms with Crippen LogP contribution in [0.4, 0.5) is 0 Å². The highest BCUT2D eigenvalue weighted by Crippen LogP contribution is 2.35. The predicted molar refractivity (Wildman–Crippen MR) is 108 cm³/mol. The minimum absolute atomic E-state index is 0.0352. The lowest BCUT2D eigenvalue weighted by atomic mass is 9.80. The van der Waals surface area contributed by atoms with Gasteiger partial charge in [-0.25, -0.2) is 0 Å². The van der Waals surface area contributed by atoms with Crippen molar-refractivity contribution < 1.29 is 30.0 Å². The molecule has 0 bridgehead atoms. The van der Waals surface area contributed by atoms with Gasteiger partial charge in [0, 0.05) is 18.3 Å². The van der Waals surface area contributed by atoms with Gasteiger partial charge in [0.2, 0.25) is 0 Å². The molecule has 1 aliphatic rings. The zero-order chi connectivity index (χ0) is 21.3. The maximum absolute atomic E-state index is 12.3. The molecule has 0 saturated heterocycles. The Morgan fingerprint density at radius 3 is 2.54 bits per heavy atom. The van der Waals surface area contributed by atoms with Gasteiger partial charge in [-0.05, 0) is 24.7 Å². The summed E-state index contributed by atoms with van der Waals surface area (Å²) in [5.74, 6) is -1.57. The molecule has 1 aliphatic carbocycles. The Morgan fingerprint density at radius 1 is 1.25 bits per heavy atom. The number of aliphatic hydroxyl groups is 3. The smallest absolute Gasteiger partial charge is 0.305 e. The van der Waals surface area contributed by atoms with Gasteiger partial charge in [-0.15, -0.1) is 0 Å². The van der Waals surface area contributed by atoms with Crippen LogP contribution >= 0.6 is 0 Å². The molecule has 162 valence electrons. The lowest BCUT2D eigenvalue weighted by molar-refractivity contribution is -0.139. The van der Waals surface area contributed by atoms with Gasteiger partial charge in [-0.3, -0.25) is 9.59 Å². The summed E-state index contributed by atoms with van der Waals surface area (Å²) in [6.45, 7) is 6.16. The van der Waals surface area contributed by atoms with E-state index in [4.69, 9.17) is 5.11 Å². The van der Waals surface area contributed by atoms with Crippen LogP contribution in [0.15, 0.2) is 12.2 Å². The lowest BCUT2D eigenvalue weighted by Gasteiger charge is -2.29. The Morgan fingerprint density at radius 2 is 1.93 bits per heavy atom. The molecule has 6 nitrogen and oxygen atoms in total. The number of aliphatic carboxylic acids is 1. The minimum atomic E-state index is -1.02. The number of carboxylic acid groups (broad SMARTS) is 1. The summed E-state index contributed by atoms with van der Waals surface area (Å²) in [6.07, 6.45) is 6.51. The predicted octanol–water partition coefficient (Wildman–Crippen LogP) is 3.08. The third-order valence-corrected chi connectivity index (χ3v) is 5.94. The maximum atomic E-state index is 12.3. The second-order valence-electron chi connectivity index (χ2n) is 8.88. The van der Waals surface area contributed by atoms with Crippen molar-refractivity contribution in [3.05, 3.63) is 12.2 Å². The van der Waals surface area contributed by atoms with Crippen LogP contribution in [0, 0.1) is 17.3 Å². The van der Waals surface area contributed by atoms with Crippen molar-refractivity contribution >= 4 is 11.8 Å². The fourth-order valence-corrected chi connectivity index (χ4v) is 3.91. The number of carbonyl (C=O) groups is 2. The van der Waals surface area contributed by atoms with Crippen LogP contribution in [0.3, 0.4) is 0 Å². The molecule has 1 fully saturated rings. The van der Waals surface area contributed by atoms with Crippen molar-refractivity contribution in [1.29, 1.82) is 0 Å². The molecule has 0 aromatic heterocycles. The SMILES string of the molecule is CCCCC(C)(C)[C@H](O)/C=C/[C@H]1[C@H](O)CC(=O)[C@@H]1CCCCC(O)CC(=O)O. The van der Waals surface area contributed by atoms with Crippen molar-refractivity contribution in [2.75, 3.05) is 0 Å². The van der Waals surface area contributed by atoms with Crippen molar-refractivity contribution in [2.45, 2.75) is 96.9 Å². The van der Waals surface area contributed by atoms with Gasteiger partial charge in [0.15, 0.2) is 0 Å². The second-order valence-corrected chi connectivity index (χ2v) is 8.88. The molecule has 0 aromatic carbocycles. The van der Waals surface area contributed by atoms with Gasteiger partial charge in [-0.1, -0.05) is 58.6 Å². The molecular formula is C22H38O6. The highest BCUT2D eigenvalue weighted by Gasteiger charge is 2.39. The average molecular weight is 399 g/mol. The molecule has 0 aromatic rings. The van der Waals surface area contributed by atoms with Crippen LogP contribution in [0.2, 0.25) is 0 Å². The summed E-state index contributed by atoms with van der Waals surface area (Å²) in [5.41, 5.74) is -0.254. The third kappa shape index (κ3) is 8.02. The number of hydrogen-bond acceptors (Lipinski definition) is 5. The normalized spacial score (nSPS) is 25.4. The standard InChI is InChI=1S/C22H38O6/c1-4-5-12-22(2,3)20(26)11-10-17-16(18(24)14-19(17)25)9-7-6-8-15(23)13-21(27)28/h10-11,15-17,19-20,23,25-26H,4-9,12-14H2,1-3H3,(H,27,28)/b11-10+/t15?,16-,17-,19-,20-/m1/s1. The largest absolute Gasteiger partial charge is 0.481 e. The van der Waals surface area contributed by atoms with E-state index in [0.717, 1.165) is 19.3 Å². The van der Waals surface area contributed by atoms with E-state index in [9.17, 15) is 24.9 Å². The summed E-state index contributed by atoms with van der Waals surface area (Å²) >= 11 is 0. The van der Waals surface area contributed by atoms with Crippen molar-refractivity contribution in [3.63, 3.8) is 0 Å². The maximum Gasteiger partial charge on any atom is 0.305 e. The van der Waals surface area contributed by atoms with Crippen LogP contribution < -0.4 is 0 Å². The fraction of sp³-hybridized carbons (Fsp3) is 0.818. The van der Waals surface area contributed by atoms with E-state index in [-0.39, 0.29) is 35.9 Å². The molecular weight excluding hydrogens is 360 g/mol. The van der Waals surface area contributed by atoms with Crippen molar-refractivity contribution in [2.24, 2.45) is 17.3 Å². The van der Waals surface area contributed by atoms with Gasteiger partial charge in [0.1, 0.15) is 5.78 Å². The summed E-state index contributed by atoms with van der Waals surface area (Å²) in [5, 5.41) is 39.1. The van der Waals surface area contributed by atoms with Crippen LogP contribution in [0.5, 0.6) is 0 Å². The molecule has 0 radical (unpaired) electrons. The van der Waals surface area contributed by atoms with Gasteiger partial charge in [0.05, 0.1) is 24.7 Å². The highest BCUT2D eigenvalue weighted by molar-refractivity contribution is 5.84. The van der Waals surface area contributed by atoms with E-state index in [1.807, 2.05) is 13.8 Å². The molecule has 1 saturated carbocycles. The Bertz CT molecular complexity index is 527. The molecule has 1 rings (SSSR count). The molecule has 0 heterocycles. The summed E-state index contributed by atoms with van der Waals surface area (Å²) in [7, 11) is 0. The molecule has 5 atom stereocenters. The number of Topliss-reactive ketones (excluding diaryl/α,β-unsaturated/α-hetero) is 1. The minimum Gasteiger partial charge on any atom is -0.481 e. The number of rotatable bonds is 13. The quantitative estimate of drug-likeness (QED) is 0.280. The molecule has 1 unspecified atom stereocenters. The lowest BCUT2D eigenvalue weighted by Crippen LogP contribution is -2.28. The highest BCUT2D eigenvalue weighted by atomic mass is 16.4. The van der Waals surface area contributed by atoms with Gasteiger partial charge >= 0.3 is 5.97 Å². The molecule has 4 N–H and O–H groups in total. The van der Waals surface area contributed by atoms with Gasteiger partial charge in [0.25, 0.3) is 0 Å². The van der Waals surface area contributed by atoms with Gasteiger partial charge in [-0.2, -0.15) is 0 Å². The topological polar surface area (TPSA) is 115 Å². The molecule has 0 amide bonds. The van der Waals surface area contributed by atoms with E-state index < -0.39 is 24.3 Å². The van der Waals surface area contributed by atoms with E-state index in [2.05, 4.69) is 6.92 Å². The van der Waals surface area contributed by atoms with Crippen LogP contribution in [-0.4, -0.2) is 50.5 Å². The Kier molecular flexibility index (Phi) is 10.4. The number of ketones is 1. The first-order valence-electron chi connectivity index (χ1n) is 10.6. The molecule has 6 heteroatoms. The van der Waals surface area contributed by atoms with E-state index in [1.165, 1.54) is 0 Å². The van der Waals surface area contributed by atoms with Gasteiger partial charge < -0.3 is 20.4 Å². The zero-order valence-corrected chi connectivity index (χ0v) is 17.5. The number of carbonyl (C=O) groups excluding carboxylic acids is 1. The van der Waals surface area contributed by atoms with E-state index in [0.29, 0.717) is 25.7 Å². The van der Waals surface area contributed by atoms with Crippen LogP contribution in [0.25, 0.3) is 0 Å². The van der Waals surface area contributed by atoms with Crippen LogP contribution in [0.1, 0.15) is 78.6 Å². The fourth-order valence-electron chi connectivity index (χ4n) is 3.91. The number of unbranched alkanes of at least 4 members (excludes halogenated alkanes) is 2. The molecule has 28 heavy (non-hydrogen) atoms. The first kappa shape index (κ1) is 24.8. The number of hydrogen-bond donors (Lipinski definition) is 4. The first-order valence-corrected chi connectivity index (χ1v) is 10.6. The summed E-state index contributed by atoms with van der Waals surface area (Å²) < 4.78 is 0. The monoisotopic (exact) mass is 398 g/mol. The molecule has 0 spiro atoms. The number of aliphatic hydroxyl groups excluding tert-OH is 3. The Labute approximate surface area is 168 Å². The number of carboxylic acids is 1. The summed E-state index contributed by atoms with van der Waals surface area (Å²) in [6, 6.07) is 0. The average Bonchev–Trinajstić information content (AvgIpc) is 2.87. The van der Waals surface area contributed by atoms with E-state index in [1.54, 1.807) is 12.2 Å².